The van der Waals surface area contributed by atoms with Gasteiger partial charge in [0.25, 0.3) is 0 Å². The van der Waals surface area contributed by atoms with Gasteiger partial charge in [-0.25, -0.2) is 9.97 Å². The lowest BCUT2D eigenvalue weighted by atomic mass is 10.5. The van der Waals surface area contributed by atoms with Crippen LogP contribution in [0.3, 0.4) is 0 Å². The van der Waals surface area contributed by atoms with E-state index in [-0.39, 0.29) is 0 Å². The van der Waals surface area contributed by atoms with Gasteiger partial charge in [-0.05, 0) is 0 Å². The van der Waals surface area contributed by atoms with E-state index in [1.165, 1.54) is 6.33 Å². The largest absolute Gasteiger partial charge is 0.477 e. The first-order valence-electron chi connectivity index (χ1n) is 5.56. The molecule has 6 nitrogen and oxygen atoms in total. The lowest BCUT2D eigenvalue weighted by Crippen LogP contribution is -2.07. The van der Waals surface area contributed by atoms with Gasteiger partial charge in [-0.2, -0.15) is 0 Å². The third kappa shape index (κ3) is 6.03. The van der Waals surface area contributed by atoms with E-state index in [2.05, 4.69) is 15.3 Å². The van der Waals surface area contributed by atoms with E-state index in [1.54, 1.807) is 20.2 Å². The van der Waals surface area contributed by atoms with Crippen molar-refractivity contribution in [3.05, 3.63) is 12.4 Å². The molecule has 1 rings (SSSR count). The van der Waals surface area contributed by atoms with Crippen LogP contribution in [0.25, 0.3) is 0 Å². The predicted molar refractivity (Wildman–Crippen MR) is 64.4 cm³/mol. The zero-order valence-electron chi connectivity index (χ0n) is 10.3. The van der Waals surface area contributed by atoms with Gasteiger partial charge in [-0.1, -0.05) is 0 Å². The highest BCUT2D eigenvalue weighted by Crippen LogP contribution is 2.09. The Morgan fingerprint density at radius 1 is 1.18 bits per heavy atom. The molecule has 0 fully saturated rings. The standard InChI is InChI=1S/C11H19N3O3/c1-12-10-8-11(14-9-13-10)17-5-3-4-16-7-6-15-2/h8-9H,3-7H2,1-2H3,(H,12,13,14). The van der Waals surface area contributed by atoms with Crippen LogP contribution in [0.4, 0.5) is 5.82 Å². The smallest absolute Gasteiger partial charge is 0.218 e. The number of rotatable bonds is 9. The van der Waals surface area contributed by atoms with Crippen molar-refractivity contribution >= 4 is 5.82 Å². The summed E-state index contributed by atoms with van der Waals surface area (Å²) in [5, 5.41) is 2.92. The normalized spacial score (nSPS) is 10.2. The number of aromatic nitrogens is 2. The molecule has 0 aromatic carbocycles. The number of hydrogen-bond donors (Lipinski definition) is 1. The van der Waals surface area contributed by atoms with Gasteiger partial charge in [0.2, 0.25) is 5.88 Å². The number of methoxy groups -OCH3 is 1. The Bertz CT molecular complexity index is 310. The van der Waals surface area contributed by atoms with Gasteiger partial charge >= 0.3 is 0 Å². The van der Waals surface area contributed by atoms with E-state index in [0.29, 0.717) is 32.3 Å². The molecule has 17 heavy (non-hydrogen) atoms. The van der Waals surface area contributed by atoms with Gasteiger partial charge in [0.15, 0.2) is 0 Å². The first-order chi connectivity index (χ1) is 8.36. The monoisotopic (exact) mass is 241 g/mol. The van der Waals surface area contributed by atoms with Crippen molar-refractivity contribution < 1.29 is 14.2 Å². The molecule has 0 atom stereocenters. The van der Waals surface area contributed by atoms with Gasteiger partial charge in [-0.15, -0.1) is 0 Å². The summed E-state index contributed by atoms with van der Waals surface area (Å²) in [5.41, 5.74) is 0. The molecule has 0 unspecified atom stereocenters. The summed E-state index contributed by atoms with van der Waals surface area (Å²) in [6.45, 7) is 2.48. The quantitative estimate of drug-likeness (QED) is 0.649. The van der Waals surface area contributed by atoms with E-state index >= 15 is 0 Å². The van der Waals surface area contributed by atoms with E-state index in [4.69, 9.17) is 14.2 Å². The van der Waals surface area contributed by atoms with Gasteiger partial charge in [0, 0.05) is 33.3 Å². The molecule has 0 aliphatic rings. The van der Waals surface area contributed by atoms with E-state index in [9.17, 15) is 0 Å². The molecule has 1 aromatic rings. The van der Waals surface area contributed by atoms with Crippen molar-refractivity contribution in [1.29, 1.82) is 0 Å². The molecule has 1 heterocycles. The van der Waals surface area contributed by atoms with Crippen LogP contribution in [-0.4, -0.2) is 50.6 Å². The highest BCUT2D eigenvalue weighted by Gasteiger charge is 1.97. The average molecular weight is 241 g/mol. The Hall–Kier alpha value is -1.40. The molecule has 0 bridgehead atoms. The van der Waals surface area contributed by atoms with E-state index < -0.39 is 0 Å². The molecule has 0 spiro atoms. The molecular formula is C11H19N3O3. The lowest BCUT2D eigenvalue weighted by Gasteiger charge is -2.06. The summed E-state index contributed by atoms with van der Waals surface area (Å²) < 4.78 is 15.6. The number of ether oxygens (including phenoxy) is 3. The number of anilines is 1. The van der Waals surface area contributed by atoms with Crippen molar-refractivity contribution in [2.24, 2.45) is 0 Å². The minimum atomic E-state index is 0.571. The molecule has 0 saturated carbocycles. The van der Waals surface area contributed by atoms with Crippen LogP contribution < -0.4 is 10.1 Å². The minimum Gasteiger partial charge on any atom is -0.477 e. The van der Waals surface area contributed by atoms with Crippen molar-refractivity contribution in [2.75, 3.05) is 45.9 Å². The van der Waals surface area contributed by atoms with Crippen LogP contribution in [0.2, 0.25) is 0 Å². The number of hydrogen-bond acceptors (Lipinski definition) is 6. The lowest BCUT2D eigenvalue weighted by molar-refractivity contribution is 0.0642. The summed E-state index contributed by atoms with van der Waals surface area (Å²) in [5.74, 6) is 1.31. The third-order valence-electron chi connectivity index (χ3n) is 2.01. The van der Waals surface area contributed by atoms with Gasteiger partial charge < -0.3 is 19.5 Å². The number of nitrogens with zero attached hydrogens (tertiary/aromatic N) is 2. The second kappa shape index (κ2) is 8.72. The predicted octanol–water partition coefficient (Wildman–Crippen LogP) is 0.950. The topological polar surface area (TPSA) is 65.5 Å². The fourth-order valence-corrected chi connectivity index (χ4v) is 1.14. The van der Waals surface area contributed by atoms with Gasteiger partial charge in [0.05, 0.1) is 19.8 Å². The van der Waals surface area contributed by atoms with Crippen LogP contribution >= 0.6 is 0 Å². The van der Waals surface area contributed by atoms with Crippen molar-refractivity contribution in [3.8, 4) is 5.88 Å². The highest BCUT2D eigenvalue weighted by atomic mass is 16.5. The fourth-order valence-electron chi connectivity index (χ4n) is 1.14. The van der Waals surface area contributed by atoms with Gasteiger partial charge in [0.1, 0.15) is 12.1 Å². The van der Waals surface area contributed by atoms with Crippen molar-refractivity contribution in [1.82, 2.24) is 9.97 Å². The zero-order chi connectivity index (χ0) is 12.3. The van der Waals surface area contributed by atoms with E-state index in [0.717, 1.165) is 12.2 Å². The second-order valence-corrected chi connectivity index (χ2v) is 3.30. The Morgan fingerprint density at radius 2 is 2.06 bits per heavy atom. The Kier molecular flexibility index (Phi) is 7.01. The summed E-state index contributed by atoms with van der Waals surface area (Å²) in [7, 11) is 3.46. The van der Waals surface area contributed by atoms with E-state index in [1.807, 2.05) is 0 Å². The van der Waals surface area contributed by atoms with Crippen LogP contribution in [-0.2, 0) is 9.47 Å². The van der Waals surface area contributed by atoms with Crippen molar-refractivity contribution in [3.63, 3.8) is 0 Å². The first-order valence-corrected chi connectivity index (χ1v) is 5.56. The summed E-state index contributed by atoms with van der Waals surface area (Å²) in [6, 6.07) is 1.76. The highest BCUT2D eigenvalue weighted by molar-refractivity contribution is 5.35. The van der Waals surface area contributed by atoms with Gasteiger partial charge in [-0.3, -0.25) is 0 Å². The molecule has 0 aliphatic carbocycles. The molecule has 1 aromatic heterocycles. The third-order valence-corrected chi connectivity index (χ3v) is 2.01. The molecule has 1 N–H and O–H groups in total. The average Bonchev–Trinajstić information content (AvgIpc) is 2.38. The molecular weight excluding hydrogens is 222 g/mol. The maximum absolute atomic E-state index is 5.45. The molecule has 6 heteroatoms. The second-order valence-electron chi connectivity index (χ2n) is 3.30. The Balaban J connectivity index is 2.09. The summed E-state index contributed by atoms with van der Waals surface area (Å²) in [6.07, 6.45) is 2.29. The maximum Gasteiger partial charge on any atom is 0.218 e. The summed E-state index contributed by atoms with van der Waals surface area (Å²) >= 11 is 0. The first kappa shape index (κ1) is 13.7. The van der Waals surface area contributed by atoms with Crippen molar-refractivity contribution in [2.45, 2.75) is 6.42 Å². The molecule has 96 valence electrons. The van der Waals surface area contributed by atoms with Crippen LogP contribution in [0, 0.1) is 0 Å². The van der Waals surface area contributed by atoms with Crippen LogP contribution in [0.15, 0.2) is 12.4 Å². The zero-order valence-corrected chi connectivity index (χ0v) is 10.3. The molecule has 0 saturated heterocycles. The molecule has 0 amide bonds. The molecule has 0 aliphatic heterocycles. The summed E-state index contributed by atoms with van der Waals surface area (Å²) in [4.78, 5) is 8.00. The maximum atomic E-state index is 5.45. The Morgan fingerprint density at radius 3 is 2.82 bits per heavy atom. The molecule has 0 radical (unpaired) electrons. The minimum absolute atomic E-state index is 0.571. The SMILES string of the molecule is CNc1cc(OCCCOCCOC)ncn1. The van der Waals surface area contributed by atoms with Crippen LogP contribution in [0.5, 0.6) is 5.88 Å². The Labute approximate surface area is 101 Å². The number of nitrogens with one attached hydrogen (secondary N) is 1. The van der Waals surface area contributed by atoms with Crippen LogP contribution in [0.1, 0.15) is 6.42 Å². The fraction of sp³-hybridized carbons (Fsp3) is 0.636.